The highest BCUT2D eigenvalue weighted by Crippen LogP contribution is 2.24. The van der Waals surface area contributed by atoms with Crippen LogP contribution in [0.15, 0.2) is 66.1 Å². The summed E-state index contributed by atoms with van der Waals surface area (Å²) in [7, 11) is 0. The summed E-state index contributed by atoms with van der Waals surface area (Å²) < 4.78 is 1.64. The third-order valence-corrected chi connectivity index (χ3v) is 5.55. The van der Waals surface area contributed by atoms with Crippen LogP contribution in [0.25, 0.3) is 5.69 Å². The molecule has 4 rings (SSSR count). The SMILES string of the molecule is Cc1cc(C)cc(NC(=O)c2nnn(-c3ccc(Cl)cc3)c2CSc2ncccn2)c1. The van der Waals surface area contributed by atoms with Gasteiger partial charge < -0.3 is 5.32 Å². The molecule has 7 nitrogen and oxygen atoms in total. The minimum Gasteiger partial charge on any atom is -0.321 e. The van der Waals surface area contributed by atoms with E-state index in [9.17, 15) is 4.79 Å². The van der Waals surface area contributed by atoms with Crippen molar-refractivity contribution >= 4 is 35.0 Å². The van der Waals surface area contributed by atoms with Crippen molar-refractivity contribution in [1.29, 1.82) is 0 Å². The molecule has 2 aromatic carbocycles. The van der Waals surface area contributed by atoms with Crippen molar-refractivity contribution in [1.82, 2.24) is 25.0 Å². The summed E-state index contributed by atoms with van der Waals surface area (Å²) in [5, 5.41) is 12.6. The Labute approximate surface area is 188 Å². The molecule has 4 aromatic rings. The van der Waals surface area contributed by atoms with E-state index >= 15 is 0 Å². The fraction of sp³-hybridized carbons (Fsp3) is 0.136. The zero-order valence-corrected chi connectivity index (χ0v) is 18.5. The van der Waals surface area contributed by atoms with Crippen molar-refractivity contribution in [3.63, 3.8) is 0 Å². The van der Waals surface area contributed by atoms with Gasteiger partial charge >= 0.3 is 0 Å². The fourth-order valence-electron chi connectivity index (χ4n) is 3.13. The highest BCUT2D eigenvalue weighted by molar-refractivity contribution is 7.98. The Morgan fingerprint density at radius 1 is 1.06 bits per heavy atom. The number of aryl methyl sites for hydroxylation is 2. The molecule has 0 bridgehead atoms. The number of anilines is 1. The number of hydrogen-bond donors (Lipinski definition) is 1. The molecule has 0 atom stereocenters. The molecule has 0 saturated carbocycles. The molecule has 0 aliphatic rings. The molecule has 1 amide bonds. The Hall–Kier alpha value is -3.23. The quantitative estimate of drug-likeness (QED) is 0.333. The largest absolute Gasteiger partial charge is 0.321 e. The van der Waals surface area contributed by atoms with E-state index in [0.29, 0.717) is 27.3 Å². The lowest BCUT2D eigenvalue weighted by molar-refractivity contribution is 0.102. The summed E-state index contributed by atoms with van der Waals surface area (Å²) in [5.74, 6) is 0.0877. The smallest absolute Gasteiger partial charge is 0.278 e. The predicted molar refractivity (Wildman–Crippen MR) is 122 cm³/mol. The van der Waals surface area contributed by atoms with E-state index in [2.05, 4.69) is 25.6 Å². The van der Waals surface area contributed by atoms with Crippen molar-refractivity contribution in [2.75, 3.05) is 5.32 Å². The van der Waals surface area contributed by atoms with Crippen molar-refractivity contribution in [2.45, 2.75) is 24.8 Å². The van der Waals surface area contributed by atoms with Crippen LogP contribution in [-0.4, -0.2) is 30.9 Å². The number of thioether (sulfide) groups is 1. The molecule has 0 saturated heterocycles. The number of amides is 1. The first-order valence-corrected chi connectivity index (χ1v) is 10.9. The van der Waals surface area contributed by atoms with Gasteiger partial charge in [0.1, 0.15) is 0 Å². The van der Waals surface area contributed by atoms with Gasteiger partial charge in [0.25, 0.3) is 5.91 Å². The Morgan fingerprint density at radius 2 is 1.74 bits per heavy atom. The maximum atomic E-state index is 13.1. The van der Waals surface area contributed by atoms with E-state index in [1.54, 1.807) is 35.3 Å². The van der Waals surface area contributed by atoms with E-state index in [-0.39, 0.29) is 11.6 Å². The van der Waals surface area contributed by atoms with Gasteiger partial charge in [-0.3, -0.25) is 4.79 Å². The van der Waals surface area contributed by atoms with Crippen molar-refractivity contribution in [3.05, 3.63) is 88.5 Å². The number of carbonyl (C=O) groups excluding carboxylic acids is 1. The topological polar surface area (TPSA) is 85.6 Å². The molecule has 9 heteroatoms. The number of aromatic nitrogens is 5. The van der Waals surface area contributed by atoms with Crippen LogP contribution in [-0.2, 0) is 5.75 Å². The van der Waals surface area contributed by atoms with Crippen LogP contribution in [0.3, 0.4) is 0 Å². The summed E-state index contributed by atoms with van der Waals surface area (Å²) >= 11 is 7.43. The highest BCUT2D eigenvalue weighted by atomic mass is 35.5. The van der Waals surface area contributed by atoms with Crippen LogP contribution in [0, 0.1) is 13.8 Å². The van der Waals surface area contributed by atoms with Gasteiger partial charge in [-0.25, -0.2) is 14.6 Å². The molecule has 2 aromatic heterocycles. The van der Waals surface area contributed by atoms with Gasteiger partial charge in [0.15, 0.2) is 10.9 Å². The van der Waals surface area contributed by atoms with E-state index < -0.39 is 0 Å². The number of nitrogens with one attached hydrogen (secondary N) is 1. The molecule has 0 radical (unpaired) electrons. The zero-order chi connectivity index (χ0) is 21.8. The Balaban J connectivity index is 1.67. The second-order valence-electron chi connectivity index (χ2n) is 6.92. The molecular weight excluding hydrogens is 432 g/mol. The number of rotatable bonds is 6. The standard InChI is InChI=1S/C22H19ClN6OS/c1-14-10-15(2)12-17(11-14)26-21(30)20-19(13-31-22-24-8-3-9-25-22)29(28-27-20)18-6-4-16(23)5-7-18/h3-12H,13H2,1-2H3,(H,26,30). The lowest BCUT2D eigenvalue weighted by Crippen LogP contribution is -2.15. The van der Waals surface area contributed by atoms with Gasteiger partial charge in [0.05, 0.1) is 11.4 Å². The van der Waals surface area contributed by atoms with Crippen LogP contribution >= 0.6 is 23.4 Å². The Morgan fingerprint density at radius 3 is 2.42 bits per heavy atom. The normalized spacial score (nSPS) is 10.8. The number of halogens is 1. The predicted octanol–water partition coefficient (Wildman–Crippen LogP) is 4.87. The summed E-state index contributed by atoms with van der Waals surface area (Å²) in [6, 6.07) is 14.8. The molecule has 2 heterocycles. The lowest BCUT2D eigenvalue weighted by atomic mass is 10.1. The molecular formula is C22H19ClN6OS. The van der Waals surface area contributed by atoms with Gasteiger partial charge in [-0.1, -0.05) is 34.6 Å². The highest BCUT2D eigenvalue weighted by Gasteiger charge is 2.21. The van der Waals surface area contributed by atoms with E-state index in [4.69, 9.17) is 11.6 Å². The first kappa shape index (κ1) is 21.0. The first-order chi connectivity index (χ1) is 15.0. The zero-order valence-electron chi connectivity index (χ0n) is 16.9. The second kappa shape index (κ2) is 9.28. The van der Waals surface area contributed by atoms with Gasteiger partial charge in [0.2, 0.25) is 0 Å². The van der Waals surface area contributed by atoms with Gasteiger partial charge in [0, 0.05) is 28.9 Å². The molecule has 156 valence electrons. The van der Waals surface area contributed by atoms with Crippen LogP contribution in [0.1, 0.15) is 27.3 Å². The Kier molecular flexibility index (Phi) is 6.29. The minimum atomic E-state index is -0.324. The van der Waals surface area contributed by atoms with Crippen LogP contribution < -0.4 is 5.32 Å². The van der Waals surface area contributed by atoms with Gasteiger partial charge in [-0.15, -0.1) is 5.10 Å². The van der Waals surface area contributed by atoms with E-state index in [1.165, 1.54) is 11.8 Å². The number of carbonyl (C=O) groups is 1. The van der Waals surface area contributed by atoms with Crippen LogP contribution in [0.4, 0.5) is 5.69 Å². The summed E-state index contributed by atoms with van der Waals surface area (Å²) in [4.78, 5) is 21.6. The molecule has 0 aliphatic heterocycles. The van der Waals surface area contributed by atoms with Crippen molar-refractivity contribution in [3.8, 4) is 5.69 Å². The van der Waals surface area contributed by atoms with Crippen LogP contribution in [0.5, 0.6) is 0 Å². The summed E-state index contributed by atoms with van der Waals surface area (Å²) in [5.41, 5.74) is 4.49. The molecule has 31 heavy (non-hydrogen) atoms. The fourth-order valence-corrected chi connectivity index (χ4v) is 4.05. The van der Waals surface area contributed by atoms with Gasteiger partial charge in [-0.05, 0) is 67.4 Å². The minimum absolute atomic E-state index is 0.248. The van der Waals surface area contributed by atoms with Gasteiger partial charge in [-0.2, -0.15) is 0 Å². The maximum Gasteiger partial charge on any atom is 0.278 e. The van der Waals surface area contributed by atoms with Crippen LogP contribution in [0.2, 0.25) is 5.02 Å². The maximum absolute atomic E-state index is 13.1. The van der Waals surface area contributed by atoms with E-state index in [1.807, 2.05) is 44.2 Å². The average Bonchev–Trinajstić information content (AvgIpc) is 3.17. The van der Waals surface area contributed by atoms with Crippen molar-refractivity contribution < 1.29 is 4.79 Å². The van der Waals surface area contributed by atoms with E-state index in [0.717, 1.165) is 16.8 Å². The number of benzene rings is 2. The third-order valence-electron chi connectivity index (χ3n) is 4.41. The molecule has 0 fully saturated rings. The van der Waals surface area contributed by atoms with Crippen molar-refractivity contribution in [2.24, 2.45) is 0 Å². The molecule has 0 spiro atoms. The summed E-state index contributed by atoms with van der Waals surface area (Å²) in [6.07, 6.45) is 3.36. The molecule has 0 unspecified atom stereocenters. The molecule has 1 N–H and O–H groups in total. The Bertz CT molecular complexity index is 1190. The lowest BCUT2D eigenvalue weighted by Gasteiger charge is -2.09. The molecule has 0 aliphatic carbocycles. The second-order valence-corrected chi connectivity index (χ2v) is 8.30. The third kappa shape index (κ3) is 5.10. The number of nitrogens with zero attached hydrogens (tertiary/aromatic N) is 5. The first-order valence-electron chi connectivity index (χ1n) is 9.49. The monoisotopic (exact) mass is 450 g/mol. The number of hydrogen-bond acceptors (Lipinski definition) is 6. The summed E-state index contributed by atoms with van der Waals surface area (Å²) in [6.45, 7) is 3.97. The average molecular weight is 451 g/mol.